The molecule has 0 radical (unpaired) electrons. The SMILES string of the molecule is C#CC1CC(=O)N(c2cc(C(=O)O)c(Br)cn2)C1. The molecule has 92 valence electrons. The molecule has 0 spiro atoms. The number of halogens is 1. The van der Waals surface area contributed by atoms with Crippen LogP contribution in [0.2, 0.25) is 0 Å². The number of rotatable bonds is 2. The van der Waals surface area contributed by atoms with Crippen LogP contribution in [0.25, 0.3) is 0 Å². The van der Waals surface area contributed by atoms with Crippen molar-refractivity contribution < 1.29 is 14.7 Å². The summed E-state index contributed by atoms with van der Waals surface area (Å²) in [5.41, 5.74) is 0.0666. The molecular formula is C12H9BrN2O3. The highest BCUT2D eigenvalue weighted by atomic mass is 79.9. The molecule has 1 aliphatic rings. The Morgan fingerprint density at radius 1 is 1.67 bits per heavy atom. The molecule has 18 heavy (non-hydrogen) atoms. The second-order valence-corrected chi connectivity index (χ2v) is 4.75. The third kappa shape index (κ3) is 2.22. The minimum Gasteiger partial charge on any atom is -0.478 e. The van der Waals surface area contributed by atoms with Gasteiger partial charge in [0.2, 0.25) is 5.91 Å². The molecule has 1 aromatic heterocycles. The molecule has 1 N–H and O–H groups in total. The van der Waals surface area contributed by atoms with Crippen LogP contribution in [-0.4, -0.2) is 28.5 Å². The zero-order chi connectivity index (χ0) is 13.3. The van der Waals surface area contributed by atoms with Crippen LogP contribution in [0.15, 0.2) is 16.7 Å². The third-order valence-electron chi connectivity index (χ3n) is 2.71. The average Bonchev–Trinajstić information content (AvgIpc) is 2.71. The van der Waals surface area contributed by atoms with Crippen LogP contribution in [-0.2, 0) is 4.79 Å². The molecular weight excluding hydrogens is 300 g/mol. The summed E-state index contributed by atoms with van der Waals surface area (Å²) >= 11 is 3.10. The molecule has 0 saturated carbocycles. The Morgan fingerprint density at radius 3 is 2.94 bits per heavy atom. The first-order valence-electron chi connectivity index (χ1n) is 5.18. The fourth-order valence-electron chi connectivity index (χ4n) is 1.78. The molecule has 0 aliphatic carbocycles. The van der Waals surface area contributed by atoms with Gasteiger partial charge in [-0.05, 0) is 22.0 Å². The van der Waals surface area contributed by atoms with Crippen molar-refractivity contribution in [2.24, 2.45) is 5.92 Å². The zero-order valence-corrected chi connectivity index (χ0v) is 10.8. The average molecular weight is 309 g/mol. The van der Waals surface area contributed by atoms with E-state index in [9.17, 15) is 9.59 Å². The van der Waals surface area contributed by atoms with Gasteiger partial charge in [-0.1, -0.05) is 0 Å². The number of anilines is 1. The van der Waals surface area contributed by atoms with Crippen molar-refractivity contribution in [3.8, 4) is 12.3 Å². The normalized spacial score (nSPS) is 18.8. The zero-order valence-electron chi connectivity index (χ0n) is 9.26. The first-order valence-corrected chi connectivity index (χ1v) is 5.97. The van der Waals surface area contributed by atoms with E-state index in [1.54, 1.807) is 0 Å². The van der Waals surface area contributed by atoms with Crippen LogP contribution in [0, 0.1) is 18.3 Å². The summed E-state index contributed by atoms with van der Waals surface area (Å²) in [4.78, 5) is 28.2. The Bertz CT molecular complexity index is 565. The summed E-state index contributed by atoms with van der Waals surface area (Å²) in [6.07, 6.45) is 6.93. The van der Waals surface area contributed by atoms with Gasteiger partial charge in [0, 0.05) is 25.1 Å². The van der Waals surface area contributed by atoms with Crippen LogP contribution in [0.5, 0.6) is 0 Å². The second kappa shape index (κ2) is 4.78. The summed E-state index contributed by atoms with van der Waals surface area (Å²) in [5, 5.41) is 9.00. The van der Waals surface area contributed by atoms with Gasteiger partial charge in [0.25, 0.3) is 0 Å². The topological polar surface area (TPSA) is 70.5 Å². The second-order valence-electron chi connectivity index (χ2n) is 3.90. The van der Waals surface area contributed by atoms with E-state index in [-0.39, 0.29) is 23.8 Å². The van der Waals surface area contributed by atoms with E-state index in [4.69, 9.17) is 11.5 Å². The standard InChI is InChI=1S/C12H9BrN2O3/c1-2-7-3-11(16)15(6-7)10-4-8(12(17)18)9(13)5-14-10/h1,4-5,7H,3,6H2,(H,17,18). The maximum absolute atomic E-state index is 11.7. The minimum absolute atomic E-state index is 0.0666. The molecule has 1 atom stereocenters. The van der Waals surface area contributed by atoms with E-state index in [1.807, 2.05) is 0 Å². The van der Waals surface area contributed by atoms with Gasteiger partial charge in [-0.3, -0.25) is 9.69 Å². The molecule has 2 heterocycles. The maximum Gasteiger partial charge on any atom is 0.337 e. The van der Waals surface area contributed by atoms with E-state index in [0.29, 0.717) is 16.8 Å². The van der Waals surface area contributed by atoms with Gasteiger partial charge in [-0.2, -0.15) is 0 Å². The number of carbonyl (C=O) groups excluding carboxylic acids is 1. The Balaban J connectivity index is 2.35. The number of nitrogens with zero attached hydrogens (tertiary/aromatic N) is 2. The molecule has 0 bridgehead atoms. The largest absolute Gasteiger partial charge is 0.478 e. The van der Waals surface area contributed by atoms with Crippen LogP contribution in [0.3, 0.4) is 0 Å². The van der Waals surface area contributed by atoms with Gasteiger partial charge in [-0.15, -0.1) is 12.3 Å². The lowest BCUT2D eigenvalue weighted by atomic mass is 10.1. The Hall–Kier alpha value is -1.87. The lowest BCUT2D eigenvalue weighted by molar-refractivity contribution is -0.117. The molecule has 1 saturated heterocycles. The number of carbonyl (C=O) groups is 2. The first-order chi connectivity index (χ1) is 8.52. The highest BCUT2D eigenvalue weighted by Crippen LogP contribution is 2.26. The smallest absolute Gasteiger partial charge is 0.337 e. The van der Waals surface area contributed by atoms with Gasteiger partial charge in [0.1, 0.15) is 5.82 Å². The van der Waals surface area contributed by atoms with Crippen LogP contribution in [0.4, 0.5) is 5.82 Å². The summed E-state index contributed by atoms with van der Waals surface area (Å²) in [5.74, 6) is 1.49. The predicted molar refractivity (Wildman–Crippen MR) is 68.2 cm³/mol. The van der Waals surface area contributed by atoms with Crippen LogP contribution in [0.1, 0.15) is 16.8 Å². The summed E-state index contributed by atoms with van der Waals surface area (Å²) in [7, 11) is 0. The molecule has 6 heteroatoms. The number of aromatic nitrogens is 1. The van der Waals surface area contributed by atoms with Gasteiger partial charge in [0.15, 0.2) is 0 Å². The molecule has 2 rings (SSSR count). The third-order valence-corrected chi connectivity index (χ3v) is 3.34. The van der Waals surface area contributed by atoms with Crippen molar-refractivity contribution in [2.45, 2.75) is 6.42 Å². The van der Waals surface area contributed by atoms with Crippen molar-refractivity contribution in [3.05, 3.63) is 22.3 Å². The van der Waals surface area contributed by atoms with Gasteiger partial charge >= 0.3 is 5.97 Å². The van der Waals surface area contributed by atoms with E-state index in [1.165, 1.54) is 17.2 Å². The predicted octanol–water partition coefficient (Wildman–Crippen LogP) is 1.53. The quantitative estimate of drug-likeness (QED) is 0.841. The number of hydrogen-bond acceptors (Lipinski definition) is 3. The Kier molecular flexibility index (Phi) is 3.34. The number of amides is 1. The number of pyridine rings is 1. The molecule has 1 aromatic rings. The van der Waals surface area contributed by atoms with Crippen LogP contribution >= 0.6 is 15.9 Å². The number of carboxylic acids is 1. The van der Waals surface area contributed by atoms with E-state index in [2.05, 4.69) is 26.8 Å². The minimum atomic E-state index is -1.08. The summed E-state index contributed by atoms with van der Waals surface area (Å²) < 4.78 is 0.374. The number of hydrogen-bond donors (Lipinski definition) is 1. The summed E-state index contributed by atoms with van der Waals surface area (Å²) in [6, 6.07) is 1.36. The van der Waals surface area contributed by atoms with Gasteiger partial charge in [-0.25, -0.2) is 9.78 Å². The molecule has 0 aromatic carbocycles. The maximum atomic E-state index is 11.7. The van der Waals surface area contributed by atoms with Crippen molar-refractivity contribution in [3.63, 3.8) is 0 Å². The Morgan fingerprint density at radius 2 is 2.39 bits per heavy atom. The van der Waals surface area contributed by atoms with E-state index < -0.39 is 5.97 Å². The molecule has 1 fully saturated rings. The molecule has 1 unspecified atom stereocenters. The monoisotopic (exact) mass is 308 g/mol. The Labute approximate surface area is 112 Å². The fourth-order valence-corrected chi connectivity index (χ4v) is 2.17. The van der Waals surface area contributed by atoms with Crippen molar-refractivity contribution in [1.29, 1.82) is 0 Å². The van der Waals surface area contributed by atoms with Crippen molar-refractivity contribution in [2.75, 3.05) is 11.4 Å². The van der Waals surface area contributed by atoms with Crippen LogP contribution < -0.4 is 4.90 Å². The van der Waals surface area contributed by atoms with E-state index >= 15 is 0 Å². The van der Waals surface area contributed by atoms with Gasteiger partial charge < -0.3 is 5.11 Å². The highest BCUT2D eigenvalue weighted by Gasteiger charge is 2.30. The first kappa shape index (κ1) is 12.6. The number of terminal acetylenes is 1. The van der Waals surface area contributed by atoms with Gasteiger partial charge in [0.05, 0.1) is 10.0 Å². The molecule has 1 aliphatic heterocycles. The summed E-state index contributed by atoms with van der Waals surface area (Å²) in [6.45, 7) is 0.378. The van der Waals surface area contributed by atoms with Crippen molar-refractivity contribution >= 4 is 33.6 Å². The molecule has 1 amide bonds. The van der Waals surface area contributed by atoms with E-state index in [0.717, 1.165) is 0 Å². The highest BCUT2D eigenvalue weighted by molar-refractivity contribution is 9.10. The van der Waals surface area contributed by atoms with Crippen molar-refractivity contribution in [1.82, 2.24) is 4.98 Å². The number of aromatic carboxylic acids is 1. The number of carboxylic acid groups (broad SMARTS) is 1. The molecule has 5 nitrogen and oxygen atoms in total. The fraction of sp³-hybridized carbons (Fsp3) is 0.250. The lowest BCUT2D eigenvalue weighted by Gasteiger charge is -2.15. The lowest BCUT2D eigenvalue weighted by Crippen LogP contribution is -2.25.